The Morgan fingerprint density at radius 1 is 1.18 bits per heavy atom. The lowest BCUT2D eigenvalue weighted by molar-refractivity contribution is 1.37. The van der Waals surface area contributed by atoms with Gasteiger partial charge in [0.1, 0.15) is 8.07 Å². The molecule has 3 heteroatoms. The van der Waals surface area contributed by atoms with Crippen LogP contribution in [0.1, 0.15) is 0 Å². The summed E-state index contributed by atoms with van der Waals surface area (Å²) >= 11 is 0. The Morgan fingerprint density at radius 3 is 2.35 bits per heavy atom. The van der Waals surface area contributed by atoms with Crippen molar-refractivity contribution in [2.45, 2.75) is 32.7 Å². The minimum atomic E-state index is -1.42. The van der Waals surface area contributed by atoms with Crippen LogP contribution in [-0.4, -0.2) is 22.3 Å². The van der Waals surface area contributed by atoms with E-state index in [1.165, 1.54) is 10.9 Å². The molecule has 1 nitrogen and oxygen atoms in total. The fourth-order valence-electron chi connectivity index (χ4n) is 1.52. The highest BCUT2D eigenvalue weighted by atomic mass is 28.3. The summed E-state index contributed by atoms with van der Waals surface area (Å²) in [4.78, 5) is 0. The third-order valence-corrected chi connectivity index (χ3v) is 7.00. The SMILES string of the molecule is C=C[Si](C)(C)c1cccc(NC[Si](C)(C)C)c1. The van der Waals surface area contributed by atoms with Crippen LogP contribution in [0.3, 0.4) is 0 Å². The van der Waals surface area contributed by atoms with Gasteiger partial charge in [-0.3, -0.25) is 0 Å². The Kier molecular flexibility index (Phi) is 4.39. The van der Waals surface area contributed by atoms with E-state index in [-0.39, 0.29) is 0 Å². The highest BCUT2D eigenvalue weighted by molar-refractivity contribution is 6.93. The molecule has 1 rings (SSSR count). The molecular formula is C14H25NSi2. The van der Waals surface area contributed by atoms with E-state index in [0.29, 0.717) is 0 Å². The van der Waals surface area contributed by atoms with Crippen LogP contribution < -0.4 is 10.5 Å². The van der Waals surface area contributed by atoms with E-state index in [1.807, 2.05) is 0 Å². The smallest absolute Gasteiger partial charge is 0.103 e. The van der Waals surface area contributed by atoms with Crippen molar-refractivity contribution in [3.05, 3.63) is 36.5 Å². The van der Waals surface area contributed by atoms with Gasteiger partial charge >= 0.3 is 0 Å². The van der Waals surface area contributed by atoms with E-state index in [4.69, 9.17) is 0 Å². The number of anilines is 1. The highest BCUT2D eigenvalue weighted by Gasteiger charge is 2.19. The molecule has 0 aliphatic carbocycles. The van der Waals surface area contributed by atoms with Crippen LogP contribution in [0.2, 0.25) is 32.7 Å². The van der Waals surface area contributed by atoms with Crippen molar-refractivity contribution in [2.24, 2.45) is 0 Å². The Morgan fingerprint density at radius 2 is 1.82 bits per heavy atom. The average molecular weight is 264 g/mol. The van der Waals surface area contributed by atoms with Gasteiger partial charge in [-0.2, -0.15) is 0 Å². The van der Waals surface area contributed by atoms with E-state index in [1.54, 1.807) is 0 Å². The molecule has 1 aromatic rings. The quantitative estimate of drug-likeness (QED) is 0.800. The molecule has 0 heterocycles. The second kappa shape index (κ2) is 5.23. The van der Waals surface area contributed by atoms with Gasteiger partial charge in [0.15, 0.2) is 0 Å². The first-order valence-electron chi connectivity index (χ1n) is 6.23. The molecule has 94 valence electrons. The number of hydrogen-bond donors (Lipinski definition) is 1. The monoisotopic (exact) mass is 263 g/mol. The maximum absolute atomic E-state index is 3.97. The third-order valence-electron chi connectivity index (χ3n) is 2.94. The van der Waals surface area contributed by atoms with E-state index < -0.39 is 16.1 Å². The van der Waals surface area contributed by atoms with Crippen LogP contribution in [0.15, 0.2) is 36.5 Å². The molecule has 0 aliphatic rings. The van der Waals surface area contributed by atoms with Gasteiger partial charge in [0, 0.05) is 11.9 Å². The predicted octanol–water partition coefficient (Wildman–Crippen LogP) is 3.62. The first kappa shape index (κ1) is 14.3. The van der Waals surface area contributed by atoms with Crippen molar-refractivity contribution in [2.75, 3.05) is 11.5 Å². The van der Waals surface area contributed by atoms with Gasteiger partial charge in [0.25, 0.3) is 0 Å². The molecule has 0 saturated carbocycles. The predicted molar refractivity (Wildman–Crippen MR) is 85.6 cm³/mol. The minimum Gasteiger partial charge on any atom is -0.388 e. The second-order valence-electron chi connectivity index (χ2n) is 6.42. The third kappa shape index (κ3) is 4.52. The summed E-state index contributed by atoms with van der Waals surface area (Å²) in [6, 6.07) is 8.85. The molecule has 1 aromatic carbocycles. The lowest BCUT2D eigenvalue weighted by Gasteiger charge is -2.21. The number of hydrogen-bond acceptors (Lipinski definition) is 1. The first-order valence-corrected chi connectivity index (χ1v) is 13.0. The Balaban J connectivity index is 2.83. The van der Waals surface area contributed by atoms with Gasteiger partial charge in [0.2, 0.25) is 0 Å². The van der Waals surface area contributed by atoms with Gasteiger partial charge in [-0.1, -0.05) is 55.8 Å². The lowest BCUT2D eigenvalue weighted by Crippen LogP contribution is -2.39. The molecule has 0 fully saturated rings. The zero-order valence-electron chi connectivity index (χ0n) is 11.8. The van der Waals surface area contributed by atoms with Crippen molar-refractivity contribution in [1.82, 2.24) is 0 Å². The van der Waals surface area contributed by atoms with Crippen molar-refractivity contribution >= 4 is 27.0 Å². The fourth-order valence-corrected chi connectivity index (χ4v) is 3.54. The Bertz CT molecular complexity index is 391. The molecule has 0 aromatic heterocycles. The summed E-state index contributed by atoms with van der Waals surface area (Å²) in [6.45, 7) is 15.8. The molecular weight excluding hydrogens is 238 g/mol. The van der Waals surface area contributed by atoms with E-state index in [9.17, 15) is 0 Å². The summed E-state index contributed by atoms with van der Waals surface area (Å²) in [7, 11) is -2.46. The van der Waals surface area contributed by atoms with E-state index in [0.717, 1.165) is 6.17 Å². The van der Waals surface area contributed by atoms with Crippen LogP contribution in [-0.2, 0) is 0 Å². The van der Waals surface area contributed by atoms with Crippen molar-refractivity contribution in [3.8, 4) is 0 Å². The van der Waals surface area contributed by atoms with Gasteiger partial charge in [0.05, 0.1) is 8.07 Å². The fraction of sp³-hybridized carbons (Fsp3) is 0.429. The summed E-state index contributed by atoms with van der Waals surface area (Å²) in [5.41, 5.74) is 3.40. The van der Waals surface area contributed by atoms with Gasteiger partial charge in [-0.25, -0.2) is 0 Å². The molecule has 0 aliphatic heterocycles. The average Bonchev–Trinajstić information content (AvgIpc) is 2.26. The van der Waals surface area contributed by atoms with Gasteiger partial charge < -0.3 is 5.32 Å². The first-order chi connectivity index (χ1) is 7.74. The largest absolute Gasteiger partial charge is 0.388 e. The zero-order chi connectivity index (χ0) is 13.1. The molecule has 0 spiro atoms. The van der Waals surface area contributed by atoms with Crippen LogP contribution in [0, 0.1) is 0 Å². The van der Waals surface area contributed by atoms with Crippen LogP contribution >= 0.6 is 0 Å². The summed E-state index contributed by atoms with van der Waals surface area (Å²) < 4.78 is 0. The number of nitrogens with one attached hydrogen (secondary N) is 1. The topological polar surface area (TPSA) is 12.0 Å². The number of benzene rings is 1. The van der Waals surface area contributed by atoms with Crippen molar-refractivity contribution < 1.29 is 0 Å². The second-order valence-corrected chi connectivity index (χ2v) is 16.3. The van der Waals surface area contributed by atoms with Crippen molar-refractivity contribution in [3.63, 3.8) is 0 Å². The van der Waals surface area contributed by atoms with Crippen molar-refractivity contribution in [1.29, 1.82) is 0 Å². The zero-order valence-corrected chi connectivity index (χ0v) is 13.8. The highest BCUT2D eigenvalue weighted by Crippen LogP contribution is 2.11. The molecule has 0 amide bonds. The molecule has 17 heavy (non-hydrogen) atoms. The molecule has 0 saturated heterocycles. The standard InChI is InChI=1S/C14H25NSi2/c1-7-17(5,6)14-10-8-9-13(11-14)15-12-16(2,3)4/h7-11,15H,1,12H2,2-6H3. The van der Waals surface area contributed by atoms with Crippen LogP contribution in [0.4, 0.5) is 5.69 Å². The molecule has 0 unspecified atom stereocenters. The van der Waals surface area contributed by atoms with Gasteiger partial charge in [-0.05, 0) is 12.1 Å². The maximum Gasteiger partial charge on any atom is 0.103 e. The number of rotatable bonds is 5. The minimum absolute atomic E-state index is 1.03. The summed E-state index contributed by atoms with van der Waals surface area (Å²) in [5.74, 6) is 0. The maximum atomic E-state index is 3.97. The van der Waals surface area contributed by atoms with Crippen LogP contribution in [0.5, 0.6) is 0 Å². The van der Waals surface area contributed by atoms with Gasteiger partial charge in [-0.15, -0.1) is 6.58 Å². The molecule has 0 bridgehead atoms. The van der Waals surface area contributed by atoms with E-state index >= 15 is 0 Å². The molecule has 0 radical (unpaired) electrons. The molecule has 1 N–H and O–H groups in total. The lowest BCUT2D eigenvalue weighted by atomic mass is 10.3. The Labute approximate surface area is 108 Å². The summed E-state index contributed by atoms with van der Waals surface area (Å²) in [5, 5.41) is 5.02. The Hall–Kier alpha value is -0.806. The van der Waals surface area contributed by atoms with Crippen LogP contribution in [0.25, 0.3) is 0 Å². The van der Waals surface area contributed by atoms with E-state index in [2.05, 4.69) is 74.6 Å². The molecule has 0 atom stereocenters. The summed E-state index contributed by atoms with van der Waals surface area (Å²) in [6.07, 6.45) is 1.13. The normalized spacial score (nSPS) is 12.3.